The molecule has 1 aromatic heterocycles. The molecule has 1 heterocycles. The van der Waals surface area contributed by atoms with Crippen LogP contribution in [-0.4, -0.2) is 30.0 Å². The molecule has 1 aliphatic rings. The molecule has 1 aliphatic carbocycles. The molecule has 0 amide bonds. The number of hydrogen-bond acceptors (Lipinski definition) is 3. The summed E-state index contributed by atoms with van der Waals surface area (Å²) in [6, 6.07) is 0.757. The fraction of sp³-hybridized carbons (Fsp3) is 0.400. The van der Waals surface area contributed by atoms with Gasteiger partial charge >= 0.3 is 6.18 Å². The summed E-state index contributed by atoms with van der Waals surface area (Å²) in [4.78, 5) is -0.724. The van der Waals surface area contributed by atoms with E-state index in [0.717, 1.165) is 16.4 Å². The molecule has 25 heavy (non-hydrogen) atoms. The van der Waals surface area contributed by atoms with Gasteiger partial charge in [0.1, 0.15) is 5.82 Å². The van der Waals surface area contributed by atoms with Gasteiger partial charge in [0.15, 0.2) is 0 Å². The molecule has 1 aromatic carbocycles. The van der Waals surface area contributed by atoms with E-state index in [0.29, 0.717) is 30.5 Å². The molecule has 2 aromatic rings. The Hall–Kier alpha value is -1.94. The number of sulfonamides is 1. The molecule has 5 nitrogen and oxygen atoms in total. The lowest BCUT2D eigenvalue weighted by Gasteiger charge is -2.30. The number of alkyl halides is 3. The number of aromatic nitrogens is 2. The Balaban J connectivity index is 2.02. The summed E-state index contributed by atoms with van der Waals surface area (Å²) in [6.07, 6.45) is -1.40. The minimum Gasteiger partial charge on any atom is -0.282 e. The van der Waals surface area contributed by atoms with Crippen LogP contribution in [0.4, 0.5) is 17.6 Å². The SMILES string of the molecule is CN([C@@H]1CCCc2[nH]ncc21)S(=O)(=O)c1cc(F)cc(C(F)(F)F)c1. The number of H-pyrrole nitrogens is 1. The van der Waals surface area contributed by atoms with Crippen LogP contribution in [0.1, 0.15) is 35.7 Å². The first-order valence-electron chi connectivity index (χ1n) is 7.48. The van der Waals surface area contributed by atoms with E-state index in [2.05, 4.69) is 10.2 Å². The summed E-state index contributed by atoms with van der Waals surface area (Å²) in [5, 5.41) is 6.69. The molecule has 0 saturated heterocycles. The minimum atomic E-state index is -4.84. The Kier molecular flexibility index (Phi) is 4.36. The van der Waals surface area contributed by atoms with Crippen molar-refractivity contribution < 1.29 is 26.0 Å². The van der Waals surface area contributed by atoms with Crippen molar-refractivity contribution in [3.8, 4) is 0 Å². The second kappa shape index (κ2) is 6.10. The van der Waals surface area contributed by atoms with Gasteiger partial charge in [-0.3, -0.25) is 5.10 Å². The number of rotatable bonds is 3. The second-order valence-corrected chi connectivity index (χ2v) is 7.90. The molecule has 3 rings (SSSR count). The molecule has 1 N–H and O–H groups in total. The predicted octanol–water partition coefficient (Wildman–Crippen LogP) is 3.27. The Morgan fingerprint density at radius 3 is 2.68 bits per heavy atom. The van der Waals surface area contributed by atoms with Crippen molar-refractivity contribution in [2.45, 2.75) is 36.4 Å². The molecule has 0 fully saturated rings. The quantitative estimate of drug-likeness (QED) is 0.835. The van der Waals surface area contributed by atoms with Crippen LogP contribution in [0.3, 0.4) is 0 Å². The summed E-state index contributed by atoms with van der Waals surface area (Å²) in [6.45, 7) is 0. The van der Waals surface area contributed by atoms with Gasteiger partial charge in [-0.25, -0.2) is 12.8 Å². The molecule has 136 valence electrons. The summed E-state index contributed by atoms with van der Waals surface area (Å²) in [7, 11) is -3.03. The molecule has 0 aliphatic heterocycles. The maximum atomic E-state index is 13.6. The van der Waals surface area contributed by atoms with Crippen molar-refractivity contribution in [3.05, 3.63) is 47.0 Å². The van der Waals surface area contributed by atoms with E-state index in [1.54, 1.807) is 0 Å². The fourth-order valence-corrected chi connectivity index (χ4v) is 4.45. The van der Waals surface area contributed by atoms with Crippen LogP contribution in [0.5, 0.6) is 0 Å². The standard InChI is InChI=1S/C15H15F4N3O2S/c1-22(14-4-2-3-13-12(14)8-20-21-13)25(23,24)11-6-9(15(17,18)19)5-10(16)7-11/h5-8,14H,2-4H2,1H3,(H,20,21)/t14-/m1/s1. The molecule has 0 unspecified atom stereocenters. The highest BCUT2D eigenvalue weighted by Gasteiger charge is 2.36. The van der Waals surface area contributed by atoms with E-state index in [9.17, 15) is 26.0 Å². The average molecular weight is 377 g/mol. The summed E-state index contributed by atoms with van der Waals surface area (Å²) in [5.74, 6) is -1.26. The second-order valence-electron chi connectivity index (χ2n) is 5.91. The summed E-state index contributed by atoms with van der Waals surface area (Å²) < 4.78 is 78.7. The number of hydrogen-bond donors (Lipinski definition) is 1. The third-order valence-electron chi connectivity index (χ3n) is 4.33. The van der Waals surface area contributed by atoms with Gasteiger partial charge in [0.05, 0.1) is 22.7 Å². The predicted molar refractivity (Wildman–Crippen MR) is 80.6 cm³/mol. The largest absolute Gasteiger partial charge is 0.416 e. The topological polar surface area (TPSA) is 66.1 Å². The number of halogens is 4. The minimum absolute atomic E-state index is 0.272. The summed E-state index contributed by atoms with van der Waals surface area (Å²) >= 11 is 0. The van der Waals surface area contributed by atoms with E-state index in [1.165, 1.54) is 13.2 Å². The van der Waals surface area contributed by atoms with Crippen LogP contribution in [0.25, 0.3) is 0 Å². The van der Waals surface area contributed by atoms with Gasteiger partial charge in [0, 0.05) is 18.3 Å². The number of benzene rings is 1. The first-order chi connectivity index (χ1) is 11.6. The normalized spacial score (nSPS) is 18.4. The van der Waals surface area contributed by atoms with E-state index in [4.69, 9.17) is 0 Å². The van der Waals surface area contributed by atoms with E-state index >= 15 is 0 Å². The third-order valence-corrected chi connectivity index (χ3v) is 6.17. The smallest absolute Gasteiger partial charge is 0.282 e. The number of nitrogens with zero attached hydrogens (tertiary/aromatic N) is 2. The van der Waals surface area contributed by atoms with Crippen LogP contribution >= 0.6 is 0 Å². The first-order valence-corrected chi connectivity index (χ1v) is 8.92. The lowest BCUT2D eigenvalue weighted by molar-refractivity contribution is -0.137. The van der Waals surface area contributed by atoms with Crippen molar-refractivity contribution in [2.24, 2.45) is 0 Å². The van der Waals surface area contributed by atoms with Crippen LogP contribution in [0, 0.1) is 5.82 Å². The number of aromatic amines is 1. The number of fused-ring (bicyclic) bond motifs is 1. The first kappa shape index (κ1) is 17.9. The molecule has 1 atom stereocenters. The molecule has 0 saturated carbocycles. The average Bonchev–Trinajstić information content (AvgIpc) is 3.01. The van der Waals surface area contributed by atoms with Crippen LogP contribution in [0.15, 0.2) is 29.3 Å². The van der Waals surface area contributed by atoms with Crippen LogP contribution in [-0.2, 0) is 22.6 Å². The maximum absolute atomic E-state index is 13.6. The zero-order valence-corrected chi connectivity index (χ0v) is 14.0. The highest BCUT2D eigenvalue weighted by Crippen LogP contribution is 2.37. The van der Waals surface area contributed by atoms with Crippen molar-refractivity contribution in [3.63, 3.8) is 0 Å². The van der Waals surface area contributed by atoms with Gasteiger partial charge in [-0.05, 0) is 37.5 Å². The van der Waals surface area contributed by atoms with Crippen molar-refractivity contribution in [2.75, 3.05) is 7.05 Å². The summed E-state index contributed by atoms with van der Waals surface area (Å²) in [5.41, 5.74) is 0.144. The van der Waals surface area contributed by atoms with Crippen molar-refractivity contribution in [1.82, 2.24) is 14.5 Å². The molecular formula is C15H15F4N3O2S. The van der Waals surface area contributed by atoms with Gasteiger partial charge < -0.3 is 0 Å². The molecule has 0 radical (unpaired) electrons. The van der Waals surface area contributed by atoms with Gasteiger partial charge in [-0.1, -0.05) is 0 Å². The zero-order chi connectivity index (χ0) is 18.4. The van der Waals surface area contributed by atoms with Crippen LogP contribution in [0.2, 0.25) is 0 Å². The molecule has 10 heteroatoms. The van der Waals surface area contributed by atoms with Gasteiger partial charge in [-0.2, -0.15) is 22.6 Å². The molecule has 0 bridgehead atoms. The lowest BCUT2D eigenvalue weighted by atomic mass is 9.93. The molecular weight excluding hydrogens is 362 g/mol. The lowest BCUT2D eigenvalue weighted by Crippen LogP contribution is -2.33. The number of aryl methyl sites for hydroxylation is 1. The van der Waals surface area contributed by atoms with E-state index in [-0.39, 0.29) is 6.07 Å². The van der Waals surface area contributed by atoms with Gasteiger partial charge in [-0.15, -0.1) is 0 Å². The Bertz CT molecular complexity index is 892. The van der Waals surface area contributed by atoms with Gasteiger partial charge in [0.2, 0.25) is 10.0 Å². The molecule has 0 spiro atoms. The highest BCUT2D eigenvalue weighted by atomic mass is 32.2. The third kappa shape index (κ3) is 3.28. The Morgan fingerprint density at radius 1 is 1.28 bits per heavy atom. The van der Waals surface area contributed by atoms with E-state index < -0.39 is 38.5 Å². The highest BCUT2D eigenvalue weighted by molar-refractivity contribution is 7.89. The maximum Gasteiger partial charge on any atom is 0.416 e. The van der Waals surface area contributed by atoms with E-state index in [1.807, 2.05) is 0 Å². The Morgan fingerprint density at radius 2 is 2.00 bits per heavy atom. The Labute approximate surface area is 141 Å². The monoisotopic (exact) mass is 377 g/mol. The van der Waals surface area contributed by atoms with Crippen molar-refractivity contribution >= 4 is 10.0 Å². The number of nitrogens with one attached hydrogen (secondary N) is 1. The van der Waals surface area contributed by atoms with Crippen molar-refractivity contribution in [1.29, 1.82) is 0 Å². The van der Waals surface area contributed by atoms with Crippen LogP contribution < -0.4 is 0 Å². The zero-order valence-electron chi connectivity index (χ0n) is 13.1. The van der Waals surface area contributed by atoms with Gasteiger partial charge in [0.25, 0.3) is 0 Å². The fourth-order valence-electron chi connectivity index (χ4n) is 3.02.